The number of hydrogen-bond donors (Lipinski definition) is 2. The van der Waals surface area contributed by atoms with Crippen LogP contribution in [-0.2, 0) is 6.18 Å². The van der Waals surface area contributed by atoms with Crippen molar-refractivity contribution in [2.75, 3.05) is 11.1 Å². The molecule has 3 aromatic rings. The van der Waals surface area contributed by atoms with Gasteiger partial charge in [-0.2, -0.15) is 13.2 Å². The lowest BCUT2D eigenvalue weighted by Crippen LogP contribution is -2.15. The number of carbonyl (C=O) groups excluding carboxylic acids is 1. The number of carbonyl (C=O) groups is 1. The van der Waals surface area contributed by atoms with Crippen LogP contribution in [0.15, 0.2) is 48.7 Å². The first kappa shape index (κ1) is 22.2. The zero-order valence-electron chi connectivity index (χ0n) is 16.6. The van der Waals surface area contributed by atoms with Crippen LogP contribution >= 0.6 is 11.6 Å². The molecule has 0 atom stereocenters. The lowest BCUT2D eigenvalue weighted by atomic mass is 10.0. The highest BCUT2D eigenvalue weighted by Gasteiger charge is 2.32. The summed E-state index contributed by atoms with van der Waals surface area (Å²) in [5.41, 5.74) is 6.94. The molecular weight excluding hydrogens is 427 g/mol. The van der Waals surface area contributed by atoms with E-state index in [9.17, 15) is 18.0 Å². The molecule has 0 unspecified atom stereocenters. The van der Waals surface area contributed by atoms with E-state index in [4.69, 9.17) is 17.3 Å². The molecule has 0 aliphatic carbocycles. The number of pyridine rings is 1. The van der Waals surface area contributed by atoms with E-state index in [1.807, 2.05) is 0 Å². The maximum atomic E-state index is 13.1. The molecule has 1 heterocycles. The fourth-order valence-corrected chi connectivity index (χ4v) is 3.04. The number of anilines is 2. The van der Waals surface area contributed by atoms with Gasteiger partial charge in [0.1, 0.15) is 5.82 Å². The van der Waals surface area contributed by atoms with Crippen molar-refractivity contribution >= 4 is 29.0 Å². The van der Waals surface area contributed by atoms with Crippen LogP contribution in [0.25, 0.3) is 0 Å². The van der Waals surface area contributed by atoms with Crippen LogP contribution in [0.5, 0.6) is 0 Å². The maximum absolute atomic E-state index is 13.1. The summed E-state index contributed by atoms with van der Waals surface area (Å²) in [6.07, 6.45) is -3.02. The monoisotopic (exact) mass is 443 g/mol. The second-order valence-corrected chi connectivity index (χ2v) is 7.21. The Morgan fingerprint density at radius 1 is 1.13 bits per heavy atom. The molecule has 3 rings (SSSR count). The lowest BCUT2D eigenvalue weighted by molar-refractivity contribution is -0.138. The number of nitrogen functional groups attached to an aromatic ring is 1. The number of halogens is 4. The van der Waals surface area contributed by atoms with Gasteiger partial charge in [0, 0.05) is 28.6 Å². The number of amides is 1. The number of nitrogens with zero attached hydrogens (tertiary/aromatic N) is 1. The summed E-state index contributed by atoms with van der Waals surface area (Å²) in [6.45, 7) is 3.08. The van der Waals surface area contributed by atoms with Crippen molar-refractivity contribution in [3.63, 3.8) is 0 Å². The van der Waals surface area contributed by atoms with Crippen molar-refractivity contribution in [3.8, 4) is 11.8 Å². The first-order valence-electron chi connectivity index (χ1n) is 9.08. The van der Waals surface area contributed by atoms with Gasteiger partial charge >= 0.3 is 6.18 Å². The van der Waals surface area contributed by atoms with Crippen molar-refractivity contribution in [2.24, 2.45) is 0 Å². The first-order valence-corrected chi connectivity index (χ1v) is 9.46. The van der Waals surface area contributed by atoms with Crippen molar-refractivity contribution in [3.05, 3.63) is 87.1 Å². The van der Waals surface area contributed by atoms with Crippen molar-refractivity contribution in [1.29, 1.82) is 0 Å². The van der Waals surface area contributed by atoms with Gasteiger partial charge in [0.2, 0.25) is 0 Å². The molecule has 2 aromatic carbocycles. The fourth-order valence-electron chi connectivity index (χ4n) is 2.88. The predicted octanol–water partition coefficient (Wildman–Crippen LogP) is 5.60. The van der Waals surface area contributed by atoms with Crippen LogP contribution in [0.1, 0.15) is 38.2 Å². The summed E-state index contributed by atoms with van der Waals surface area (Å²) in [4.78, 5) is 16.6. The molecule has 4 nitrogen and oxygen atoms in total. The molecule has 0 saturated carbocycles. The van der Waals surface area contributed by atoms with Gasteiger partial charge < -0.3 is 11.1 Å². The van der Waals surface area contributed by atoms with Crippen LogP contribution in [-0.4, -0.2) is 10.9 Å². The molecule has 158 valence electrons. The number of benzene rings is 2. The summed E-state index contributed by atoms with van der Waals surface area (Å²) >= 11 is 5.94. The molecule has 8 heteroatoms. The van der Waals surface area contributed by atoms with Crippen molar-refractivity contribution in [2.45, 2.75) is 20.0 Å². The van der Waals surface area contributed by atoms with Gasteiger partial charge in [-0.15, -0.1) is 0 Å². The van der Waals surface area contributed by atoms with E-state index in [0.29, 0.717) is 22.3 Å². The average molecular weight is 444 g/mol. The van der Waals surface area contributed by atoms with Gasteiger partial charge in [0.05, 0.1) is 10.6 Å². The molecule has 1 aromatic heterocycles. The summed E-state index contributed by atoms with van der Waals surface area (Å²) in [7, 11) is 0. The van der Waals surface area contributed by atoms with Crippen LogP contribution in [0, 0.1) is 25.7 Å². The quantitative estimate of drug-likeness (QED) is 0.506. The molecule has 0 aliphatic rings. The summed E-state index contributed by atoms with van der Waals surface area (Å²) in [5.74, 6) is 5.53. The summed E-state index contributed by atoms with van der Waals surface area (Å²) < 4.78 is 39.4. The highest BCUT2D eigenvalue weighted by Crippen LogP contribution is 2.33. The van der Waals surface area contributed by atoms with Crippen LogP contribution in [0.3, 0.4) is 0 Å². The van der Waals surface area contributed by atoms with Gasteiger partial charge in [0.15, 0.2) is 0 Å². The molecular formula is C23H17ClF3N3O. The maximum Gasteiger partial charge on any atom is 0.416 e. The zero-order chi connectivity index (χ0) is 22.8. The van der Waals surface area contributed by atoms with Gasteiger partial charge in [0.25, 0.3) is 5.91 Å². The highest BCUT2D eigenvalue weighted by molar-refractivity contribution is 6.32. The Balaban J connectivity index is 1.87. The number of rotatable bonds is 2. The molecule has 0 bridgehead atoms. The second kappa shape index (κ2) is 8.70. The van der Waals surface area contributed by atoms with Gasteiger partial charge in [-0.05, 0) is 55.3 Å². The van der Waals surface area contributed by atoms with Crippen LogP contribution in [0.2, 0.25) is 5.02 Å². The third-order valence-corrected chi connectivity index (χ3v) is 4.89. The van der Waals surface area contributed by atoms with Gasteiger partial charge in [-0.25, -0.2) is 4.98 Å². The van der Waals surface area contributed by atoms with E-state index in [2.05, 4.69) is 22.1 Å². The number of aryl methyl sites for hydroxylation is 1. The summed E-state index contributed by atoms with van der Waals surface area (Å²) in [6, 6.07) is 10.2. The Labute approximate surface area is 182 Å². The molecule has 31 heavy (non-hydrogen) atoms. The second-order valence-electron chi connectivity index (χ2n) is 6.80. The smallest absolute Gasteiger partial charge is 0.382 e. The minimum atomic E-state index is -4.50. The average Bonchev–Trinajstić information content (AvgIpc) is 2.70. The van der Waals surface area contributed by atoms with E-state index < -0.39 is 17.6 Å². The molecule has 0 aliphatic heterocycles. The largest absolute Gasteiger partial charge is 0.416 e. The Kier molecular flexibility index (Phi) is 6.23. The van der Waals surface area contributed by atoms with Crippen molar-refractivity contribution in [1.82, 2.24) is 4.98 Å². The van der Waals surface area contributed by atoms with E-state index in [0.717, 1.165) is 6.07 Å². The third-order valence-electron chi connectivity index (χ3n) is 4.59. The van der Waals surface area contributed by atoms with Crippen LogP contribution in [0.4, 0.5) is 24.7 Å². The fraction of sp³-hybridized carbons (Fsp3) is 0.130. The number of alkyl halides is 3. The normalized spacial score (nSPS) is 10.9. The molecule has 0 fully saturated rings. The lowest BCUT2D eigenvalue weighted by Gasteiger charge is -2.13. The first-order chi connectivity index (χ1) is 14.6. The summed E-state index contributed by atoms with van der Waals surface area (Å²) in [5, 5.41) is 2.81. The minimum Gasteiger partial charge on any atom is -0.382 e. The Bertz CT molecular complexity index is 1230. The number of nitrogens with one attached hydrogen (secondary N) is 1. The Morgan fingerprint density at radius 2 is 1.87 bits per heavy atom. The van der Waals surface area contributed by atoms with Gasteiger partial charge in [-0.1, -0.05) is 35.6 Å². The van der Waals surface area contributed by atoms with Crippen LogP contribution < -0.4 is 11.1 Å². The number of nitrogens with two attached hydrogens (primary N) is 1. The Morgan fingerprint density at radius 3 is 2.55 bits per heavy atom. The molecule has 1 amide bonds. The standard InChI is InChI=1S/C23H17ClF3N3O/c1-13-6-9-17(11-19(13)23(25,26)27)30-22(31)18-5-3-4-16(14(18)2)8-7-15-10-20(24)21(28)29-12-15/h3-6,9-12H,1-2H3,(H2,28,29)(H,30,31). The molecule has 3 N–H and O–H groups in total. The van der Waals surface area contributed by atoms with Crippen molar-refractivity contribution < 1.29 is 18.0 Å². The van der Waals surface area contributed by atoms with E-state index in [1.165, 1.54) is 25.3 Å². The number of hydrogen-bond acceptors (Lipinski definition) is 3. The SMILES string of the molecule is Cc1ccc(NC(=O)c2cccc(C#Cc3cnc(N)c(Cl)c3)c2C)cc1C(F)(F)F. The molecule has 0 radical (unpaired) electrons. The topological polar surface area (TPSA) is 68.0 Å². The highest BCUT2D eigenvalue weighted by atomic mass is 35.5. The van der Waals surface area contributed by atoms with Gasteiger partial charge in [-0.3, -0.25) is 4.79 Å². The van der Waals surface area contributed by atoms with E-state index in [1.54, 1.807) is 31.2 Å². The van der Waals surface area contributed by atoms with E-state index >= 15 is 0 Å². The van der Waals surface area contributed by atoms with E-state index in [-0.39, 0.29) is 22.1 Å². The molecule has 0 saturated heterocycles. The predicted molar refractivity (Wildman–Crippen MR) is 115 cm³/mol. The molecule has 0 spiro atoms. The minimum absolute atomic E-state index is 0.0569. The number of aromatic nitrogens is 1. The zero-order valence-corrected chi connectivity index (χ0v) is 17.3. The Hall–Kier alpha value is -3.50. The third kappa shape index (κ3) is 5.16.